The number of aromatic amines is 1. The normalized spacial score (nSPS) is 11.2. The Kier molecular flexibility index (Phi) is 4.18. The second-order valence-corrected chi connectivity index (χ2v) is 5.96. The molecule has 124 valence electrons. The van der Waals surface area contributed by atoms with Crippen LogP contribution in [-0.4, -0.2) is 39.4 Å². The molecule has 0 saturated heterocycles. The largest absolute Gasteiger partial charge is 0.326 e. The molecule has 24 heavy (non-hydrogen) atoms. The molecule has 0 spiro atoms. The third kappa shape index (κ3) is 3.21. The Hall–Kier alpha value is -2.93. The Balaban J connectivity index is 1.83. The van der Waals surface area contributed by atoms with Gasteiger partial charge < -0.3 is 15.2 Å². The van der Waals surface area contributed by atoms with E-state index in [1.165, 1.54) is 4.57 Å². The van der Waals surface area contributed by atoms with E-state index in [1.54, 1.807) is 31.4 Å². The van der Waals surface area contributed by atoms with Crippen LogP contribution in [0.4, 0.5) is 5.82 Å². The molecule has 1 amide bonds. The number of carbonyl (C=O) groups is 1. The topological polar surface area (TPSA) is 83.0 Å². The molecule has 0 aliphatic carbocycles. The van der Waals surface area contributed by atoms with E-state index >= 15 is 0 Å². The number of benzene rings is 1. The van der Waals surface area contributed by atoms with Crippen molar-refractivity contribution in [2.45, 2.75) is 6.54 Å². The van der Waals surface area contributed by atoms with Crippen molar-refractivity contribution < 1.29 is 4.79 Å². The Bertz CT molecular complexity index is 955. The van der Waals surface area contributed by atoms with Crippen molar-refractivity contribution in [2.24, 2.45) is 7.05 Å². The Morgan fingerprint density at radius 2 is 2.08 bits per heavy atom. The van der Waals surface area contributed by atoms with Crippen molar-refractivity contribution in [1.82, 2.24) is 19.4 Å². The van der Waals surface area contributed by atoms with E-state index in [4.69, 9.17) is 0 Å². The summed E-state index contributed by atoms with van der Waals surface area (Å²) >= 11 is 0. The third-order valence-electron chi connectivity index (χ3n) is 3.73. The minimum atomic E-state index is -0.267. The van der Waals surface area contributed by atoms with Crippen molar-refractivity contribution in [1.29, 1.82) is 0 Å². The first kappa shape index (κ1) is 15.9. The summed E-state index contributed by atoms with van der Waals surface area (Å²) in [6.45, 7) is 0.766. The minimum absolute atomic E-state index is 0.208. The van der Waals surface area contributed by atoms with Gasteiger partial charge in [0.1, 0.15) is 5.82 Å². The Labute approximate surface area is 138 Å². The first-order valence-electron chi connectivity index (χ1n) is 7.54. The monoisotopic (exact) mass is 325 g/mol. The van der Waals surface area contributed by atoms with Crippen LogP contribution in [0.5, 0.6) is 0 Å². The molecule has 0 fully saturated rings. The molecule has 1 aromatic carbocycles. The smallest absolute Gasteiger partial charge is 0.307 e. The number of aromatic nitrogens is 3. The zero-order valence-electron chi connectivity index (χ0n) is 13.8. The molecule has 0 saturated carbocycles. The lowest BCUT2D eigenvalue weighted by atomic mass is 10.2. The summed E-state index contributed by atoms with van der Waals surface area (Å²) in [5, 5.41) is 2.79. The number of nitrogens with one attached hydrogen (secondary N) is 2. The quantitative estimate of drug-likeness (QED) is 0.763. The van der Waals surface area contributed by atoms with E-state index in [0.717, 1.165) is 17.6 Å². The first-order valence-corrected chi connectivity index (χ1v) is 7.54. The fraction of sp³-hybridized carbons (Fsp3) is 0.235. The SMILES string of the molecule is CN(C)Cc1ccnc(NC(=O)c2ccc3c(c2)[nH]c(=O)n3C)c1. The summed E-state index contributed by atoms with van der Waals surface area (Å²) < 4.78 is 1.50. The van der Waals surface area contributed by atoms with Crippen LogP contribution in [0.15, 0.2) is 41.3 Å². The van der Waals surface area contributed by atoms with Gasteiger partial charge in [-0.1, -0.05) is 0 Å². The van der Waals surface area contributed by atoms with Gasteiger partial charge >= 0.3 is 5.69 Å². The van der Waals surface area contributed by atoms with E-state index in [1.807, 2.05) is 31.1 Å². The highest BCUT2D eigenvalue weighted by atomic mass is 16.2. The second-order valence-electron chi connectivity index (χ2n) is 5.96. The predicted molar refractivity (Wildman–Crippen MR) is 93.1 cm³/mol. The van der Waals surface area contributed by atoms with Crippen LogP contribution in [0.2, 0.25) is 0 Å². The van der Waals surface area contributed by atoms with E-state index < -0.39 is 0 Å². The molecular formula is C17H19N5O2. The summed E-state index contributed by atoms with van der Waals surface area (Å²) in [5.74, 6) is 0.233. The van der Waals surface area contributed by atoms with Gasteiger partial charge in [-0.25, -0.2) is 9.78 Å². The number of carbonyl (C=O) groups excluding carboxylic acids is 1. The summed E-state index contributed by atoms with van der Waals surface area (Å²) in [7, 11) is 5.64. The number of aryl methyl sites for hydroxylation is 1. The molecule has 0 atom stereocenters. The van der Waals surface area contributed by atoms with Gasteiger partial charge in [-0.2, -0.15) is 0 Å². The van der Waals surface area contributed by atoms with Crippen molar-refractivity contribution >= 4 is 22.8 Å². The molecule has 3 aromatic rings. The number of hydrogen-bond donors (Lipinski definition) is 2. The van der Waals surface area contributed by atoms with Crippen LogP contribution in [0.1, 0.15) is 15.9 Å². The molecule has 2 heterocycles. The Morgan fingerprint density at radius 3 is 2.83 bits per heavy atom. The highest BCUT2D eigenvalue weighted by Gasteiger charge is 2.10. The zero-order chi connectivity index (χ0) is 17.3. The van der Waals surface area contributed by atoms with E-state index in [0.29, 0.717) is 16.9 Å². The molecule has 0 bridgehead atoms. The van der Waals surface area contributed by atoms with Gasteiger partial charge in [-0.05, 0) is 50.0 Å². The zero-order valence-corrected chi connectivity index (χ0v) is 13.8. The van der Waals surface area contributed by atoms with E-state index in [-0.39, 0.29) is 11.6 Å². The average Bonchev–Trinajstić information content (AvgIpc) is 2.81. The molecule has 2 N–H and O–H groups in total. The van der Waals surface area contributed by atoms with Crippen LogP contribution >= 0.6 is 0 Å². The van der Waals surface area contributed by atoms with Gasteiger partial charge in [-0.3, -0.25) is 9.36 Å². The molecule has 0 aliphatic heterocycles. The van der Waals surface area contributed by atoms with Crippen LogP contribution in [0, 0.1) is 0 Å². The number of nitrogens with zero attached hydrogens (tertiary/aromatic N) is 3. The third-order valence-corrected chi connectivity index (χ3v) is 3.73. The van der Waals surface area contributed by atoms with Crippen molar-refractivity contribution in [2.75, 3.05) is 19.4 Å². The summed E-state index contributed by atoms with van der Waals surface area (Å²) in [6.07, 6.45) is 1.67. The standard InChI is InChI=1S/C17H19N5O2/c1-21(2)10-11-6-7-18-15(8-11)20-16(23)12-4-5-14-13(9-12)19-17(24)22(14)3/h4-9H,10H2,1-3H3,(H,19,24)(H,18,20,23). The van der Waals surface area contributed by atoms with Gasteiger partial charge in [0.2, 0.25) is 0 Å². The Morgan fingerprint density at radius 1 is 1.29 bits per heavy atom. The fourth-order valence-electron chi connectivity index (χ4n) is 2.57. The minimum Gasteiger partial charge on any atom is -0.307 e. The van der Waals surface area contributed by atoms with Gasteiger partial charge in [0.05, 0.1) is 11.0 Å². The van der Waals surface area contributed by atoms with E-state index in [2.05, 4.69) is 15.3 Å². The van der Waals surface area contributed by atoms with Gasteiger partial charge in [0.25, 0.3) is 5.91 Å². The molecule has 7 nitrogen and oxygen atoms in total. The molecule has 2 aromatic heterocycles. The predicted octanol–water partition coefficient (Wildman–Crippen LogP) is 1.58. The lowest BCUT2D eigenvalue weighted by Gasteiger charge is -2.11. The maximum atomic E-state index is 12.4. The highest BCUT2D eigenvalue weighted by molar-refractivity contribution is 6.05. The molecule has 0 unspecified atom stereocenters. The van der Waals surface area contributed by atoms with Crippen molar-refractivity contribution in [3.8, 4) is 0 Å². The summed E-state index contributed by atoms with van der Waals surface area (Å²) in [5.41, 5.74) is 2.70. The highest BCUT2D eigenvalue weighted by Crippen LogP contribution is 2.14. The van der Waals surface area contributed by atoms with Crippen LogP contribution < -0.4 is 11.0 Å². The van der Waals surface area contributed by atoms with E-state index in [9.17, 15) is 9.59 Å². The van der Waals surface area contributed by atoms with Crippen molar-refractivity contribution in [3.63, 3.8) is 0 Å². The number of amides is 1. The fourth-order valence-corrected chi connectivity index (χ4v) is 2.57. The number of H-pyrrole nitrogens is 1. The van der Waals surface area contributed by atoms with Crippen molar-refractivity contribution in [3.05, 3.63) is 58.1 Å². The molecule has 0 radical (unpaired) electrons. The van der Waals surface area contributed by atoms with Gasteiger partial charge in [-0.15, -0.1) is 0 Å². The van der Waals surface area contributed by atoms with Gasteiger partial charge in [0, 0.05) is 25.4 Å². The number of fused-ring (bicyclic) bond motifs is 1. The summed E-state index contributed by atoms with van der Waals surface area (Å²) in [4.78, 5) is 33.0. The second kappa shape index (κ2) is 6.29. The number of anilines is 1. The number of pyridine rings is 1. The summed E-state index contributed by atoms with van der Waals surface area (Å²) in [6, 6.07) is 8.86. The van der Waals surface area contributed by atoms with Gasteiger partial charge in [0.15, 0.2) is 0 Å². The maximum absolute atomic E-state index is 12.4. The lowest BCUT2D eigenvalue weighted by Crippen LogP contribution is -2.14. The lowest BCUT2D eigenvalue weighted by molar-refractivity contribution is 0.102. The number of rotatable bonds is 4. The number of hydrogen-bond acceptors (Lipinski definition) is 4. The van der Waals surface area contributed by atoms with Crippen LogP contribution in [0.3, 0.4) is 0 Å². The molecular weight excluding hydrogens is 306 g/mol. The molecule has 3 rings (SSSR count). The maximum Gasteiger partial charge on any atom is 0.326 e. The average molecular weight is 325 g/mol. The molecule has 0 aliphatic rings. The first-order chi connectivity index (χ1) is 11.4. The van der Waals surface area contributed by atoms with Crippen LogP contribution in [-0.2, 0) is 13.6 Å². The van der Waals surface area contributed by atoms with Crippen LogP contribution in [0.25, 0.3) is 11.0 Å². The number of imidazole rings is 1. The molecule has 7 heteroatoms.